The number of rotatable bonds is 2. The van der Waals surface area contributed by atoms with Crippen LogP contribution in [0.2, 0.25) is 0 Å². The molecule has 0 aliphatic rings. The van der Waals surface area contributed by atoms with Crippen molar-refractivity contribution < 1.29 is 8.78 Å². The van der Waals surface area contributed by atoms with Gasteiger partial charge in [0.05, 0.1) is 0 Å². The topological polar surface area (TPSA) is 4.36 Å². The maximum atomic E-state index is 11.7. The monoisotopic (exact) mass is 133 g/mol. The average molecular weight is 133 g/mol. The molecular formula is C6H9F2N. The van der Waals surface area contributed by atoms with Gasteiger partial charge >= 0.3 is 6.43 Å². The molecule has 0 spiro atoms. The van der Waals surface area contributed by atoms with Crippen LogP contribution in [0, 0.1) is 12.5 Å². The van der Waals surface area contributed by atoms with Crippen LogP contribution < -0.4 is 0 Å². The number of halogens is 2. The Morgan fingerprint density at radius 2 is 1.78 bits per heavy atom. The van der Waals surface area contributed by atoms with E-state index in [1.54, 1.807) is 13.8 Å². The lowest BCUT2D eigenvalue weighted by molar-refractivity contribution is 0.112. The molecule has 0 saturated carbocycles. The minimum Gasteiger partial charge on any atom is -0.307 e. The molecular weight excluding hydrogens is 124 g/mol. The van der Waals surface area contributed by atoms with Gasteiger partial charge in [0, 0.05) is 5.92 Å². The first kappa shape index (κ1) is 8.35. The molecule has 0 amide bonds. The van der Waals surface area contributed by atoms with Gasteiger partial charge in [0.1, 0.15) is 0 Å². The third-order valence-electron chi connectivity index (χ3n) is 1.09. The van der Waals surface area contributed by atoms with Gasteiger partial charge in [-0.3, -0.25) is 0 Å². The molecule has 52 valence electrons. The Morgan fingerprint density at radius 3 is 1.78 bits per heavy atom. The summed E-state index contributed by atoms with van der Waals surface area (Å²) < 4.78 is 23.5. The van der Waals surface area contributed by atoms with E-state index in [0.29, 0.717) is 0 Å². The van der Waals surface area contributed by atoms with E-state index in [0.717, 1.165) is 0 Å². The standard InChI is InChI=1S/C6H9F2N/c1-4(2)5(9-3)6(7)8/h4-6H,1-2H3. The van der Waals surface area contributed by atoms with Gasteiger partial charge in [0.15, 0.2) is 0 Å². The highest BCUT2D eigenvalue weighted by molar-refractivity contribution is 4.83. The summed E-state index contributed by atoms with van der Waals surface area (Å²) in [6, 6.07) is -1.12. The minimum atomic E-state index is -2.50. The fraction of sp³-hybridized carbons (Fsp3) is 0.833. The van der Waals surface area contributed by atoms with Crippen LogP contribution in [-0.4, -0.2) is 12.5 Å². The maximum absolute atomic E-state index is 11.7. The molecule has 0 bridgehead atoms. The predicted octanol–water partition coefficient (Wildman–Crippen LogP) is 2.20. The lowest BCUT2D eigenvalue weighted by Gasteiger charge is -2.05. The molecule has 0 saturated heterocycles. The number of alkyl halides is 2. The summed E-state index contributed by atoms with van der Waals surface area (Å²) in [6.07, 6.45) is -2.50. The summed E-state index contributed by atoms with van der Waals surface area (Å²) in [5, 5.41) is 0. The van der Waals surface area contributed by atoms with E-state index >= 15 is 0 Å². The van der Waals surface area contributed by atoms with Gasteiger partial charge in [0.25, 0.3) is 6.04 Å². The molecule has 0 aliphatic heterocycles. The Hall–Kier alpha value is -0.650. The SMILES string of the molecule is [C-]#[N+]C(C(C)C)C(F)F. The molecule has 0 radical (unpaired) electrons. The van der Waals surface area contributed by atoms with E-state index < -0.39 is 12.5 Å². The van der Waals surface area contributed by atoms with Crippen molar-refractivity contribution in [1.29, 1.82) is 0 Å². The van der Waals surface area contributed by atoms with E-state index in [2.05, 4.69) is 4.85 Å². The van der Waals surface area contributed by atoms with Crippen LogP contribution in [0.3, 0.4) is 0 Å². The minimum absolute atomic E-state index is 0.248. The third kappa shape index (κ3) is 2.41. The highest BCUT2D eigenvalue weighted by Crippen LogP contribution is 2.14. The van der Waals surface area contributed by atoms with Gasteiger partial charge in [-0.05, 0) is 0 Å². The summed E-state index contributed by atoms with van der Waals surface area (Å²) in [5.74, 6) is -0.248. The van der Waals surface area contributed by atoms with E-state index in [1.165, 1.54) is 0 Å². The quantitative estimate of drug-likeness (QED) is 0.508. The largest absolute Gasteiger partial charge is 0.312 e. The van der Waals surface area contributed by atoms with E-state index in [4.69, 9.17) is 6.57 Å². The first-order chi connectivity index (χ1) is 4.09. The lowest BCUT2D eigenvalue weighted by atomic mass is 10.1. The average Bonchev–Trinajstić information content (AvgIpc) is 1.64. The molecule has 3 heteroatoms. The van der Waals surface area contributed by atoms with Crippen molar-refractivity contribution in [1.82, 2.24) is 0 Å². The Bertz CT molecular complexity index is 107. The van der Waals surface area contributed by atoms with Gasteiger partial charge in [-0.2, -0.15) is 0 Å². The first-order valence-corrected chi connectivity index (χ1v) is 2.74. The van der Waals surface area contributed by atoms with Gasteiger partial charge < -0.3 is 4.85 Å². The second kappa shape index (κ2) is 3.39. The molecule has 0 aromatic rings. The fourth-order valence-electron chi connectivity index (χ4n) is 0.496. The van der Waals surface area contributed by atoms with E-state index in [1.807, 2.05) is 0 Å². The van der Waals surface area contributed by atoms with Crippen molar-refractivity contribution >= 4 is 0 Å². The van der Waals surface area contributed by atoms with Crippen molar-refractivity contribution in [2.24, 2.45) is 5.92 Å². The molecule has 0 aromatic carbocycles. The molecule has 0 N–H and O–H groups in total. The highest BCUT2D eigenvalue weighted by Gasteiger charge is 2.28. The van der Waals surface area contributed by atoms with Crippen LogP contribution in [0.1, 0.15) is 13.8 Å². The molecule has 0 aliphatic carbocycles. The van der Waals surface area contributed by atoms with Crippen molar-refractivity contribution in [2.45, 2.75) is 26.3 Å². The summed E-state index contributed by atoms with van der Waals surface area (Å²) in [4.78, 5) is 2.79. The van der Waals surface area contributed by atoms with Crippen molar-refractivity contribution in [3.8, 4) is 0 Å². The Morgan fingerprint density at radius 1 is 1.33 bits per heavy atom. The zero-order valence-electron chi connectivity index (χ0n) is 5.44. The highest BCUT2D eigenvalue weighted by atomic mass is 19.3. The molecule has 1 nitrogen and oxygen atoms in total. The summed E-state index contributed by atoms with van der Waals surface area (Å²) in [7, 11) is 0. The van der Waals surface area contributed by atoms with Crippen LogP contribution >= 0.6 is 0 Å². The predicted molar refractivity (Wildman–Crippen MR) is 31.2 cm³/mol. The van der Waals surface area contributed by atoms with Crippen LogP contribution in [0.15, 0.2) is 0 Å². The van der Waals surface area contributed by atoms with Gasteiger partial charge in [-0.25, -0.2) is 15.4 Å². The second-order valence-electron chi connectivity index (χ2n) is 2.20. The summed E-state index contributed by atoms with van der Waals surface area (Å²) in [6.45, 7) is 9.61. The van der Waals surface area contributed by atoms with Crippen LogP contribution in [-0.2, 0) is 0 Å². The third-order valence-corrected chi connectivity index (χ3v) is 1.09. The maximum Gasteiger partial charge on any atom is 0.312 e. The van der Waals surface area contributed by atoms with Gasteiger partial charge in [-0.15, -0.1) is 0 Å². The number of hydrogen-bond donors (Lipinski definition) is 0. The van der Waals surface area contributed by atoms with Crippen molar-refractivity contribution in [3.05, 3.63) is 11.4 Å². The molecule has 0 aromatic heterocycles. The molecule has 0 heterocycles. The molecule has 9 heavy (non-hydrogen) atoms. The Kier molecular flexibility index (Phi) is 3.15. The number of hydrogen-bond acceptors (Lipinski definition) is 0. The van der Waals surface area contributed by atoms with Crippen LogP contribution in [0.25, 0.3) is 4.85 Å². The fourth-order valence-corrected chi connectivity index (χ4v) is 0.496. The normalized spacial score (nSPS) is 13.9. The zero-order chi connectivity index (χ0) is 7.44. The second-order valence-corrected chi connectivity index (χ2v) is 2.20. The zero-order valence-corrected chi connectivity index (χ0v) is 5.44. The Labute approximate surface area is 53.5 Å². The molecule has 0 fully saturated rings. The number of nitrogens with zero attached hydrogens (tertiary/aromatic N) is 1. The first-order valence-electron chi connectivity index (χ1n) is 2.74. The van der Waals surface area contributed by atoms with Gasteiger partial charge in [0.2, 0.25) is 0 Å². The van der Waals surface area contributed by atoms with Crippen molar-refractivity contribution in [2.75, 3.05) is 0 Å². The summed E-state index contributed by atoms with van der Waals surface area (Å²) in [5.41, 5.74) is 0. The van der Waals surface area contributed by atoms with E-state index in [9.17, 15) is 8.78 Å². The Balaban J connectivity index is 3.87. The van der Waals surface area contributed by atoms with Gasteiger partial charge in [-0.1, -0.05) is 13.8 Å². The smallest absolute Gasteiger partial charge is 0.307 e. The van der Waals surface area contributed by atoms with Crippen LogP contribution in [0.5, 0.6) is 0 Å². The molecule has 1 atom stereocenters. The summed E-state index contributed by atoms with van der Waals surface area (Å²) >= 11 is 0. The molecule has 0 rings (SSSR count). The lowest BCUT2D eigenvalue weighted by Crippen LogP contribution is -2.19. The van der Waals surface area contributed by atoms with Crippen LogP contribution in [0.4, 0.5) is 8.78 Å². The molecule has 1 unspecified atom stereocenters. The van der Waals surface area contributed by atoms with E-state index in [-0.39, 0.29) is 5.92 Å². The van der Waals surface area contributed by atoms with Crippen molar-refractivity contribution in [3.63, 3.8) is 0 Å².